The minimum Gasteiger partial charge on any atom is -0.508 e. The number of fused-ring (bicyclic) bond motifs is 1. The van der Waals surface area contributed by atoms with Crippen molar-refractivity contribution >= 4 is 26.9 Å². The first kappa shape index (κ1) is 6.67. The molecule has 1 aromatic carbocycles. The van der Waals surface area contributed by atoms with E-state index in [-0.39, 0.29) is 5.75 Å². The maximum Gasteiger partial charge on any atom is 0.168 e. The summed E-state index contributed by atoms with van der Waals surface area (Å²) in [4.78, 5) is 0. The molecule has 3 nitrogen and oxygen atoms in total. The molecule has 0 aliphatic rings. The number of nitrogens with zero attached hydrogens (tertiary/aromatic N) is 1. The lowest BCUT2D eigenvalue weighted by Crippen LogP contribution is -1.65. The van der Waals surface area contributed by atoms with Crippen molar-refractivity contribution in [1.29, 1.82) is 0 Å². The van der Waals surface area contributed by atoms with Crippen molar-refractivity contribution in [3.63, 3.8) is 0 Å². The number of phenolic OH excluding ortho intramolecular Hbond substituents is 1. The molecule has 1 N–H and O–H groups in total. The fraction of sp³-hybridized carbons (Fsp3) is 0. The summed E-state index contributed by atoms with van der Waals surface area (Å²) in [6, 6.07) is 4.82. The van der Waals surface area contributed by atoms with Crippen molar-refractivity contribution in [3.8, 4) is 5.75 Å². The first-order valence-electron chi connectivity index (χ1n) is 3.01. The minimum atomic E-state index is 0.210. The molecule has 4 heteroatoms. The fourth-order valence-corrected chi connectivity index (χ4v) is 1.28. The van der Waals surface area contributed by atoms with Crippen molar-refractivity contribution < 1.29 is 9.63 Å². The molecule has 1 heterocycles. The second-order valence-electron chi connectivity index (χ2n) is 2.15. The molecular formula is C7H4BrNO2. The lowest BCUT2D eigenvalue weighted by atomic mass is 10.2. The summed E-state index contributed by atoms with van der Waals surface area (Å²) in [5.74, 6) is 0.210. The van der Waals surface area contributed by atoms with Crippen LogP contribution >= 0.6 is 15.9 Å². The van der Waals surface area contributed by atoms with E-state index in [1.165, 1.54) is 0 Å². The standard InChI is InChI=1S/C7H4BrNO2/c8-7-5-3-4(10)1-2-6(5)11-9-7/h1-3,10H. The van der Waals surface area contributed by atoms with Gasteiger partial charge in [0, 0.05) is 0 Å². The normalized spacial score (nSPS) is 10.6. The molecule has 0 unspecified atom stereocenters. The maximum absolute atomic E-state index is 9.08. The molecule has 0 aliphatic carbocycles. The van der Waals surface area contributed by atoms with Gasteiger partial charge in [-0.25, -0.2) is 0 Å². The van der Waals surface area contributed by atoms with Crippen molar-refractivity contribution in [1.82, 2.24) is 5.16 Å². The Morgan fingerprint density at radius 1 is 1.45 bits per heavy atom. The average Bonchev–Trinajstić information content (AvgIpc) is 2.33. The molecule has 0 spiro atoms. The van der Waals surface area contributed by atoms with Crippen LogP contribution in [0.2, 0.25) is 0 Å². The van der Waals surface area contributed by atoms with Crippen molar-refractivity contribution in [2.24, 2.45) is 0 Å². The van der Waals surface area contributed by atoms with Crippen LogP contribution in [0.1, 0.15) is 0 Å². The van der Waals surface area contributed by atoms with Crippen LogP contribution in [0.3, 0.4) is 0 Å². The molecule has 2 aromatic rings. The van der Waals surface area contributed by atoms with E-state index in [2.05, 4.69) is 21.1 Å². The van der Waals surface area contributed by atoms with Crippen LogP contribution in [-0.4, -0.2) is 10.3 Å². The summed E-state index contributed by atoms with van der Waals surface area (Å²) < 4.78 is 5.51. The van der Waals surface area contributed by atoms with Gasteiger partial charge in [-0.3, -0.25) is 0 Å². The van der Waals surface area contributed by atoms with Crippen LogP contribution < -0.4 is 0 Å². The molecular weight excluding hydrogens is 210 g/mol. The molecule has 11 heavy (non-hydrogen) atoms. The largest absolute Gasteiger partial charge is 0.508 e. The Balaban J connectivity index is 2.87. The zero-order valence-electron chi connectivity index (χ0n) is 5.41. The molecule has 0 saturated heterocycles. The minimum absolute atomic E-state index is 0.210. The number of benzene rings is 1. The van der Waals surface area contributed by atoms with E-state index in [1.54, 1.807) is 18.2 Å². The highest BCUT2D eigenvalue weighted by molar-refractivity contribution is 9.10. The van der Waals surface area contributed by atoms with Crippen LogP contribution in [0, 0.1) is 0 Å². The molecule has 0 saturated carbocycles. The second-order valence-corrected chi connectivity index (χ2v) is 2.90. The number of rotatable bonds is 0. The van der Waals surface area contributed by atoms with Gasteiger partial charge >= 0.3 is 0 Å². The molecule has 56 valence electrons. The first-order chi connectivity index (χ1) is 5.27. The lowest BCUT2D eigenvalue weighted by molar-refractivity contribution is 0.450. The lowest BCUT2D eigenvalue weighted by Gasteiger charge is -1.88. The molecule has 0 atom stereocenters. The van der Waals surface area contributed by atoms with Crippen LogP contribution in [0.25, 0.3) is 11.0 Å². The predicted octanol–water partition coefficient (Wildman–Crippen LogP) is 2.30. The van der Waals surface area contributed by atoms with E-state index in [0.29, 0.717) is 10.2 Å². The molecule has 2 rings (SSSR count). The van der Waals surface area contributed by atoms with Gasteiger partial charge in [-0.2, -0.15) is 0 Å². The second kappa shape index (κ2) is 2.23. The number of hydrogen-bond donors (Lipinski definition) is 1. The summed E-state index contributed by atoms with van der Waals surface area (Å²) in [7, 11) is 0. The van der Waals surface area contributed by atoms with Crippen LogP contribution in [-0.2, 0) is 0 Å². The van der Waals surface area contributed by atoms with Gasteiger partial charge < -0.3 is 9.63 Å². The highest BCUT2D eigenvalue weighted by atomic mass is 79.9. The third-order valence-electron chi connectivity index (χ3n) is 1.41. The summed E-state index contributed by atoms with van der Waals surface area (Å²) in [5.41, 5.74) is 0.662. The molecule has 1 aromatic heterocycles. The summed E-state index contributed by atoms with van der Waals surface area (Å²) in [6.45, 7) is 0. The average molecular weight is 214 g/mol. The highest BCUT2D eigenvalue weighted by Crippen LogP contribution is 2.26. The predicted molar refractivity (Wildman–Crippen MR) is 43.4 cm³/mol. The van der Waals surface area contributed by atoms with E-state index in [1.807, 2.05) is 0 Å². The summed E-state index contributed by atoms with van der Waals surface area (Å²) in [6.07, 6.45) is 0. The van der Waals surface area contributed by atoms with E-state index in [4.69, 9.17) is 9.63 Å². The van der Waals surface area contributed by atoms with Gasteiger partial charge in [0.15, 0.2) is 10.2 Å². The smallest absolute Gasteiger partial charge is 0.168 e. The third-order valence-corrected chi connectivity index (χ3v) is 1.98. The summed E-state index contributed by atoms with van der Waals surface area (Å²) in [5, 5.41) is 13.5. The summed E-state index contributed by atoms with van der Waals surface area (Å²) >= 11 is 3.19. The van der Waals surface area contributed by atoms with Crippen molar-refractivity contribution in [3.05, 3.63) is 22.8 Å². The van der Waals surface area contributed by atoms with Gasteiger partial charge in [-0.15, -0.1) is 0 Å². The van der Waals surface area contributed by atoms with Gasteiger partial charge in [-0.05, 0) is 34.1 Å². The van der Waals surface area contributed by atoms with E-state index >= 15 is 0 Å². The van der Waals surface area contributed by atoms with E-state index < -0.39 is 0 Å². The Bertz CT molecular complexity index is 396. The van der Waals surface area contributed by atoms with Crippen LogP contribution in [0.4, 0.5) is 0 Å². The van der Waals surface area contributed by atoms with Crippen LogP contribution in [0.15, 0.2) is 27.3 Å². The Morgan fingerprint density at radius 3 is 3.09 bits per heavy atom. The number of halogens is 1. The third kappa shape index (κ3) is 0.991. The number of aromatic nitrogens is 1. The Morgan fingerprint density at radius 2 is 2.27 bits per heavy atom. The van der Waals surface area contributed by atoms with E-state index in [9.17, 15) is 0 Å². The molecule has 0 fully saturated rings. The number of phenols is 1. The Kier molecular flexibility index (Phi) is 1.35. The number of hydrogen-bond acceptors (Lipinski definition) is 3. The maximum atomic E-state index is 9.08. The van der Waals surface area contributed by atoms with Crippen molar-refractivity contribution in [2.75, 3.05) is 0 Å². The fourth-order valence-electron chi connectivity index (χ4n) is 0.897. The molecule has 0 amide bonds. The topological polar surface area (TPSA) is 46.3 Å². The molecule has 0 bridgehead atoms. The zero-order chi connectivity index (χ0) is 7.84. The highest BCUT2D eigenvalue weighted by Gasteiger charge is 2.04. The van der Waals surface area contributed by atoms with Gasteiger partial charge in [0.25, 0.3) is 0 Å². The number of aromatic hydroxyl groups is 1. The van der Waals surface area contributed by atoms with Gasteiger partial charge in [0.1, 0.15) is 5.75 Å². The zero-order valence-corrected chi connectivity index (χ0v) is 7.00. The van der Waals surface area contributed by atoms with Gasteiger partial charge in [0.05, 0.1) is 5.39 Å². The van der Waals surface area contributed by atoms with Crippen molar-refractivity contribution in [2.45, 2.75) is 0 Å². The van der Waals surface area contributed by atoms with E-state index in [0.717, 1.165) is 5.39 Å². The molecule has 0 radical (unpaired) electrons. The quantitative estimate of drug-likeness (QED) is 0.731. The SMILES string of the molecule is Oc1ccc2onc(Br)c2c1. The van der Waals surface area contributed by atoms with Gasteiger partial charge in [-0.1, -0.05) is 5.16 Å². The molecule has 0 aliphatic heterocycles. The van der Waals surface area contributed by atoms with Gasteiger partial charge in [0.2, 0.25) is 0 Å². The first-order valence-corrected chi connectivity index (χ1v) is 3.80. The monoisotopic (exact) mass is 213 g/mol. The van der Waals surface area contributed by atoms with Crippen LogP contribution in [0.5, 0.6) is 5.75 Å². The Hall–Kier alpha value is -1.03. The Labute approximate surface area is 70.7 Å².